The molecule has 0 aliphatic carbocycles. The van der Waals surface area contributed by atoms with Crippen molar-refractivity contribution in [3.05, 3.63) is 77.2 Å². The first-order valence-corrected chi connectivity index (χ1v) is 12.6. The minimum absolute atomic E-state index is 0.0522. The molecule has 1 aromatic heterocycles. The van der Waals surface area contributed by atoms with Crippen molar-refractivity contribution >= 4 is 39.2 Å². The van der Waals surface area contributed by atoms with Crippen molar-refractivity contribution in [1.29, 1.82) is 0 Å². The van der Waals surface area contributed by atoms with Gasteiger partial charge in [0.2, 0.25) is 10.0 Å². The molecule has 1 unspecified atom stereocenters. The molecule has 0 radical (unpaired) electrons. The van der Waals surface area contributed by atoms with E-state index in [9.17, 15) is 36.3 Å². The molecule has 0 bridgehead atoms. The van der Waals surface area contributed by atoms with Gasteiger partial charge in [0.15, 0.2) is 0 Å². The number of sulfonamides is 1. The quantitative estimate of drug-likeness (QED) is 0.330. The Morgan fingerprint density at radius 2 is 1.51 bits per heavy atom. The van der Waals surface area contributed by atoms with Gasteiger partial charge in [-0.15, -0.1) is 11.3 Å². The summed E-state index contributed by atoms with van der Waals surface area (Å²) in [7, 11) is -4.03. The average Bonchev–Trinajstić information content (AvgIpc) is 3.32. The number of amides is 1. The second-order valence-electron chi connectivity index (χ2n) is 7.37. The molecule has 9 nitrogen and oxygen atoms in total. The first-order chi connectivity index (χ1) is 17.2. The number of benzene rings is 2. The second-order valence-corrected chi connectivity index (χ2v) is 10.2. The summed E-state index contributed by atoms with van der Waals surface area (Å²) >= 11 is 1.27. The number of aliphatic carboxylic acids is 2. The molecule has 4 N–H and O–H groups in total. The molecule has 0 spiro atoms. The summed E-state index contributed by atoms with van der Waals surface area (Å²) in [6.07, 6.45) is -5.08. The summed E-state index contributed by atoms with van der Waals surface area (Å²) in [5, 5.41) is 19.0. The van der Waals surface area contributed by atoms with Gasteiger partial charge in [-0.3, -0.25) is 9.59 Å². The molecular weight excluding hydrogens is 537 g/mol. The summed E-state index contributed by atoms with van der Waals surface area (Å²) in [5.41, 5.74) is 2.11. The predicted molar refractivity (Wildman–Crippen MR) is 129 cm³/mol. The number of carboxylic acid groups (broad SMARTS) is 2. The van der Waals surface area contributed by atoms with E-state index < -0.39 is 46.6 Å². The summed E-state index contributed by atoms with van der Waals surface area (Å²) in [5.74, 6) is -4.61. The monoisotopic (exact) mass is 558 g/mol. The van der Waals surface area contributed by atoms with Gasteiger partial charge in [0.25, 0.3) is 5.91 Å². The smallest absolute Gasteiger partial charge is 0.480 e. The van der Waals surface area contributed by atoms with Gasteiger partial charge < -0.3 is 15.5 Å². The lowest BCUT2D eigenvalue weighted by Crippen LogP contribution is -2.48. The third kappa shape index (κ3) is 9.00. The van der Waals surface area contributed by atoms with E-state index in [0.29, 0.717) is 4.88 Å². The lowest BCUT2D eigenvalue weighted by Gasteiger charge is -2.15. The second kappa shape index (κ2) is 12.5. The van der Waals surface area contributed by atoms with Crippen molar-refractivity contribution in [2.75, 3.05) is 6.54 Å². The van der Waals surface area contributed by atoms with Crippen molar-refractivity contribution in [3.8, 4) is 10.4 Å². The lowest BCUT2D eigenvalue weighted by molar-refractivity contribution is -0.192. The van der Waals surface area contributed by atoms with Crippen molar-refractivity contribution in [1.82, 2.24) is 10.0 Å². The zero-order chi connectivity index (χ0) is 27.8. The molecule has 1 amide bonds. The van der Waals surface area contributed by atoms with Crippen molar-refractivity contribution in [2.24, 2.45) is 0 Å². The molecule has 3 aromatic rings. The van der Waals surface area contributed by atoms with Crippen LogP contribution in [0.15, 0.2) is 71.6 Å². The van der Waals surface area contributed by atoms with Crippen LogP contribution >= 0.6 is 11.3 Å². The number of thiophene rings is 1. The van der Waals surface area contributed by atoms with Crippen LogP contribution in [0.3, 0.4) is 0 Å². The highest BCUT2D eigenvalue weighted by Crippen LogP contribution is 2.28. The fraction of sp³-hybridized carbons (Fsp3) is 0.174. The predicted octanol–water partition coefficient (Wildman–Crippen LogP) is 3.52. The summed E-state index contributed by atoms with van der Waals surface area (Å²) < 4.78 is 58.6. The Kier molecular flexibility index (Phi) is 9.94. The number of nitrogens with one attached hydrogen (secondary N) is 2. The fourth-order valence-corrected chi connectivity index (χ4v) is 4.79. The number of aryl methyl sites for hydroxylation is 1. The average molecular weight is 559 g/mol. The molecule has 1 heterocycles. The van der Waals surface area contributed by atoms with Gasteiger partial charge in [0.1, 0.15) is 6.04 Å². The SMILES string of the molecule is Cc1ccc(-c2ccc(C(=O)NCC(NS(=O)(=O)c3ccccc3)C(=O)O)s2)cc1.O=C(O)C(F)(F)F. The van der Waals surface area contributed by atoms with Crippen LogP contribution in [0.5, 0.6) is 0 Å². The number of alkyl halides is 3. The van der Waals surface area contributed by atoms with Crippen molar-refractivity contribution in [2.45, 2.75) is 24.0 Å². The molecule has 0 saturated carbocycles. The van der Waals surface area contributed by atoms with Crippen LogP contribution in [0.2, 0.25) is 0 Å². The molecule has 0 saturated heterocycles. The summed E-state index contributed by atoms with van der Waals surface area (Å²) in [6, 6.07) is 17.3. The molecule has 14 heteroatoms. The maximum atomic E-state index is 12.4. The Bertz CT molecular complexity index is 1340. The minimum Gasteiger partial charge on any atom is -0.480 e. The Labute approximate surface area is 213 Å². The van der Waals surface area contributed by atoms with Gasteiger partial charge in [0.05, 0.1) is 9.77 Å². The van der Waals surface area contributed by atoms with Crippen LogP contribution in [-0.4, -0.2) is 55.2 Å². The molecule has 198 valence electrons. The maximum absolute atomic E-state index is 12.4. The van der Waals surface area contributed by atoms with E-state index >= 15 is 0 Å². The van der Waals surface area contributed by atoms with E-state index in [1.54, 1.807) is 12.1 Å². The molecule has 0 fully saturated rings. The Balaban J connectivity index is 0.000000604. The lowest BCUT2D eigenvalue weighted by atomic mass is 10.1. The van der Waals surface area contributed by atoms with Crippen LogP contribution in [-0.2, 0) is 19.6 Å². The van der Waals surface area contributed by atoms with E-state index in [2.05, 4.69) is 10.0 Å². The Hall–Kier alpha value is -3.75. The number of carbonyl (C=O) groups excluding carboxylic acids is 1. The first kappa shape index (κ1) is 29.5. The largest absolute Gasteiger partial charge is 0.490 e. The van der Waals surface area contributed by atoms with Crippen LogP contribution in [0.1, 0.15) is 15.2 Å². The highest BCUT2D eigenvalue weighted by Gasteiger charge is 2.38. The van der Waals surface area contributed by atoms with Gasteiger partial charge >= 0.3 is 18.1 Å². The first-order valence-electron chi connectivity index (χ1n) is 10.3. The number of halogens is 3. The zero-order valence-electron chi connectivity index (χ0n) is 19.0. The molecule has 37 heavy (non-hydrogen) atoms. The molecule has 3 rings (SSSR count). The van der Waals surface area contributed by atoms with Gasteiger partial charge in [0, 0.05) is 11.4 Å². The van der Waals surface area contributed by atoms with E-state index in [4.69, 9.17) is 9.90 Å². The summed E-state index contributed by atoms with van der Waals surface area (Å²) in [6.45, 7) is 1.60. The third-order valence-corrected chi connectivity index (χ3v) is 7.14. The standard InChI is InChI=1S/C21H20N2O5S2.C2HF3O2/c1-14-7-9-15(10-8-14)18-11-12-19(29-18)20(24)22-13-17(21(25)26)23-30(27,28)16-5-3-2-4-6-16;3-2(4,5)1(6)7/h2-12,17,23H,13H2,1H3,(H,22,24)(H,25,26);(H,6,7). The van der Waals surface area contributed by atoms with Crippen LogP contribution in [0.4, 0.5) is 13.2 Å². The molecule has 2 aromatic carbocycles. The Morgan fingerprint density at radius 1 is 0.946 bits per heavy atom. The number of carboxylic acids is 2. The van der Waals surface area contributed by atoms with Gasteiger partial charge in [-0.05, 0) is 36.8 Å². The molecule has 0 aliphatic rings. The molecule has 0 aliphatic heterocycles. The third-order valence-electron chi connectivity index (χ3n) is 4.52. The van der Waals surface area contributed by atoms with E-state index in [1.165, 1.54) is 35.6 Å². The molecule has 1 atom stereocenters. The Morgan fingerprint density at radius 3 is 2.03 bits per heavy atom. The van der Waals surface area contributed by atoms with Crippen LogP contribution < -0.4 is 10.0 Å². The highest BCUT2D eigenvalue weighted by atomic mass is 32.2. The number of hydrogen-bond acceptors (Lipinski definition) is 6. The van der Waals surface area contributed by atoms with Crippen LogP contribution in [0.25, 0.3) is 10.4 Å². The van der Waals surface area contributed by atoms with Gasteiger partial charge in [-0.25, -0.2) is 13.2 Å². The van der Waals surface area contributed by atoms with E-state index in [1.807, 2.05) is 37.3 Å². The fourth-order valence-electron chi connectivity index (χ4n) is 2.65. The van der Waals surface area contributed by atoms with Crippen molar-refractivity contribution < 1.29 is 46.2 Å². The minimum atomic E-state index is -5.08. The number of carbonyl (C=O) groups is 3. The molecular formula is C23H21F3N2O7S2. The van der Waals surface area contributed by atoms with E-state index in [-0.39, 0.29) is 4.90 Å². The topological polar surface area (TPSA) is 150 Å². The zero-order valence-corrected chi connectivity index (χ0v) is 20.7. The maximum Gasteiger partial charge on any atom is 0.490 e. The highest BCUT2D eigenvalue weighted by molar-refractivity contribution is 7.89. The van der Waals surface area contributed by atoms with Crippen molar-refractivity contribution in [3.63, 3.8) is 0 Å². The van der Waals surface area contributed by atoms with Crippen LogP contribution in [0, 0.1) is 6.92 Å². The number of hydrogen-bond donors (Lipinski definition) is 4. The normalized spacial score (nSPS) is 12.1. The van der Waals surface area contributed by atoms with Gasteiger partial charge in [-0.1, -0.05) is 48.0 Å². The number of rotatable bonds is 8. The van der Waals surface area contributed by atoms with E-state index in [0.717, 1.165) is 16.0 Å². The summed E-state index contributed by atoms with van der Waals surface area (Å²) in [4.78, 5) is 34.1. The van der Waals surface area contributed by atoms with Gasteiger partial charge in [-0.2, -0.15) is 17.9 Å².